The number of rotatable bonds is 7. The van der Waals surface area contributed by atoms with Crippen LogP contribution < -0.4 is 4.90 Å². The van der Waals surface area contributed by atoms with Gasteiger partial charge in [-0.2, -0.15) is 13.2 Å². The summed E-state index contributed by atoms with van der Waals surface area (Å²) in [5, 5.41) is 0.0733. The van der Waals surface area contributed by atoms with Crippen LogP contribution in [-0.2, 0) is 16.1 Å². The number of halogens is 3. The van der Waals surface area contributed by atoms with Crippen LogP contribution in [0.2, 0.25) is 0 Å². The number of amides is 1. The number of ether oxygens (including phenoxy) is 1. The first-order valence-electron chi connectivity index (χ1n) is 9.45. The Balaban J connectivity index is 1.82. The molecule has 6 nitrogen and oxygen atoms in total. The highest BCUT2D eigenvalue weighted by Gasteiger charge is 2.31. The predicted octanol–water partition coefficient (Wildman–Crippen LogP) is 4.65. The van der Waals surface area contributed by atoms with Gasteiger partial charge >= 0.3 is 12.1 Å². The molecular formula is C22H20F3N3O3S. The molecule has 0 fully saturated rings. The first kappa shape index (κ1) is 23.4. The zero-order chi connectivity index (χ0) is 23.3. The largest absolute Gasteiger partial charge is 0.465 e. The Labute approximate surface area is 187 Å². The average molecular weight is 463 g/mol. The molecule has 0 spiro atoms. The number of carbonyl (C=O) groups excluding carboxylic acids is 2. The number of aromatic nitrogens is 2. The van der Waals surface area contributed by atoms with Crippen LogP contribution in [0.4, 0.5) is 18.9 Å². The molecule has 3 rings (SSSR count). The maximum absolute atomic E-state index is 13.2. The zero-order valence-corrected chi connectivity index (χ0v) is 18.1. The predicted molar refractivity (Wildman–Crippen MR) is 116 cm³/mol. The van der Waals surface area contributed by atoms with Crippen LogP contribution in [0, 0.1) is 0 Å². The lowest BCUT2D eigenvalue weighted by Crippen LogP contribution is -2.29. The third-order valence-corrected chi connectivity index (χ3v) is 5.57. The van der Waals surface area contributed by atoms with Gasteiger partial charge in [0, 0.05) is 7.05 Å². The molecule has 0 bridgehead atoms. The molecule has 168 valence electrons. The summed E-state index contributed by atoms with van der Waals surface area (Å²) >= 11 is 0.899. The van der Waals surface area contributed by atoms with E-state index in [9.17, 15) is 22.8 Å². The van der Waals surface area contributed by atoms with Crippen molar-refractivity contribution >= 4 is 29.3 Å². The first-order valence-corrected chi connectivity index (χ1v) is 10.4. The Kier molecular flexibility index (Phi) is 7.24. The summed E-state index contributed by atoms with van der Waals surface area (Å²) in [6, 6.07) is 15.0. The molecule has 0 radical (unpaired) electrons. The molecule has 0 saturated heterocycles. The second-order valence-electron chi connectivity index (χ2n) is 6.74. The first-order chi connectivity index (χ1) is 15.2. The molecule has 0 aliphatic heterocycles. The lowest BCUT2D eigenvalue weighted by atomic mass is 10.1. The number of nitrogens with zero attached hydrogens (tertiary/aromatic N) is 3. The van der Waals surface area contributed by atoms with Crippen LogP contribution in [0.1, 0.15) is 10.4 Å². The number of alkyl halides is 3. The van der Waals surface area contributed by atoms with Crippen molar-refractivity contribution in [1.82, 2.24) is 9.55 Å². The monoisotopic (exact) mass is 463 g/mol. The quantitative estimate of drug-likeness (QED) is 0.377. The highest BCUT2D eigenvalue weighted by Crippen LogP contribution is 2.30. The van der Waals surface area contributed by atoms with Crippen molar-refractivity contribution < 1.29 is 27.5 Å². The van der Waals surface area contributed by atoms with Gasteiger partial charge in [0.15, 0.2) is 5.16 Å². The molecule has 2 aromatic carbocycles. The number of thioether (sulfide) groups is 1. The van der Waals surface area contributed by atoms with Crippen molar-refractivity contribution in [2.75, 3.05) is 24.8 Å². The fraction of sp³-hybridized carbons (Fsp3) is 0.227. The highest BCUT2D eigenvalue weighted by molar-refractivity contribution is 7.99. The molecular weight excluding hydrogens is 443 g/mol. The second kappa shape index (κ2) is 9.90. The molecule has 32 heavy (non-hydrogen) atoms. The topological polar surface area (TPSA) is 64.4 Å². The van der Waals surface area contributed by atoms with Gasteiger partial charge in [-0.05, 0) is 17.7 Å². The van der Waals surface area contributed by atoms with Crippen LogP contribution in [0.3, 0.4) is 0 Å². The molecule has 0 aliphatic rings. The molecule has 1 heterocycles. The maximum atomic E-state index is 13.2. The highest BCUT2D eigenvalue weighted by atomic mass is 32.2. The number of hydrogen-bond acceptors (Lipinski definition) is 5. The smallest absolute Gasteiger partial charge is 0.406 e. The van der Waals surface area contributed by atoms with Gasteiger partial charge in [-0.3, -0.25) is 4.79 Å². The Morgan fingerprint density at radius 2 is 1.75 bits per heavy atom. The number of carbonyl (C=O) groups is 2. The molecule has 3 aromatic rings. The minimum atomic E-state index is -4.46. The van der Waals surface area contributed by atoms with Crippen LogP contribution >= 0.6 is 11.8 Å². The lowest BCUT2D eigenvalue weighted by Gasteiger charge is -2.20. The van der Waals surface area contributed by atoms with Crippen LogP contribution in [0.5, 0.6) is 0 Å². The van der Waals surface area contributed by atoms with Crippen molar-refractivity contribution in [3.05, 3.63) is 66.4 Å². The van der Waals surface area contributed by atoms with Crippen molar-refractivity contribution in [3.63, 3.8) is 0 Å². The van der Waals surface area contributed by atoms with Gasteiger partial charge in [0.05, 0.1) is 36.0 Å². The van der Waals surface area contributed by atoms with Crippen LogP contribution in [0.15, 0.2) is 66.0 Å². The Hall–Kier alpha value is -3.27. The summed E-state index contributed by atoms with van der Waals surface area (Å²) in [4.78, 5) is 30.1. The second-order valence-corrected chi connectivity index (χ2v) is 7.69. The van der Waals surface area contributed by atoms with E-state index in [0.29, 0.717) is 16.9 Å². The third kappa shape index (κ3) is 5.50. The Morgan fingerprint density at radius 1 is 1.09 bits per heavy atom. The van der Waals surface area contributed by atoms with E-state index in [1.807, 2.05) is 0 Å². The SMILES string of the molecule is COC(=O)c1ccccc1N(C)C(=O)CSc1ncc(-c2ccccc2)n1CC(F)(F)F. The fourth-order valence-corrected chi connectivity index (χ4v) is 3.94. The number of methoxy groups -OCH3 is 1. The minimum Gasteiger partial charge on any atom is -0.465 e. The number of esters is 1. The van der Waals surface area contributed by atoms with E-state index in [4.69, 9.17) is 4.74 Å². The molecule has 0 atom stereocenters. The number of hydrogen-bond donors (Lipinski definition) is 0. The zero-order valence-electron chi connectivity index (χ0n) is 17.3. The van der Waals surface area contributed by atoms with Crippen molar-refractivity contribution in [3.8, 4) is 11.3 Å². The lowest BCUT2D eigenvalue weighted by molar-refractivity contribution is -0.141. The van der Waals surface area contributed by atoms with Gasteiger partial charge in [-0.15, -0.1) is 0 Å². The summed E-state index contributed by atoms with van der Waals surface area (Å²) in [6.07, 6.45) is -3.09. The van der Waals surface area contributed by atoms with E-state index < -0.39 is 24.6 Å². The third-order valence-electron chi connectivity index (χ3n) is 4.60. The summed E-state index contributed by atoms with van der Waals surface area (Å²) in [5.41, 5.74) is 1.45. The Bertz CT molecular complexity index is 1100. The summed E-state index contributed by atoms with van der Waals surface area (Å²) < 4.78 is 45.5. The van der Waals surface area contributed by atoms with E-state index in [1.165, 1.54) is 31.3 Å². The molecule has 0 aliphatic carbocycles. The number of imidazole rings is 1. The summed E-state index contributed by atoms with van der Waals surface area (Å²) in [5.74, 6) is -1.18. The van der Waals surface area contributed by atoms with Gasteiger partial charge in [0.2, 0.25) is 5.91 Å². The van der Waals surface area contributed by atoms with Gasteiger partial charge in [-0.25, -0.2) is 9.78 Å². The molecule has 1 aromatic heterocycles. The van der Waals surface area contributed by atoms with Crippen molar-refractivity contribution in [2.45, 2.75) is 17.9 Å². The van der Waals surface area contributed by atoms with E-state index in [-0.39, 0.29) is 16.5 Å². The fourth-order valence-electron chi connectivity index (χ4n) is 3.05. The number of benzene rings is 2. The molecule has 10 heteroatoms. The van der Waals surface area contributed by atoms with E-state index >= 15 is 0 Å². The van der Waals surface area contributed by atoms with E-state index in [0.717, 1.165) is 16.3 Å². The van der Waals surface area contributed by atoms with Gasteiger partial charge in [-0.1, -0.05) is 54.2 Å². The number of anilines is 1. The van der Waals surface area contributed by atoms with Crippen molar-refractivity contribution in [2.24, 2.45) is 0 Å². The Morgan fingerprint density at radius 3 is 2.41 bits per heavy atom. The molecule has 0 saturated carbocycles. The van der Waals surface area contributed by atoms with Crippen LogP contribution in [0.25, 0.3) is 11.3 Å². The maximum Gasteiger partial charge on any atom is 0.406 e. The summed E-state index contributed by atoms with van der Waals surface area (Å²) in [6.45, 7) is -1.23. The minimum absolute atomic E-state index is 0.0733. The average Bonchev–Trinajstić information content (AvgIpc) is 3.17. The van der Waals surface area contributed by atoms with E-state index in [2.05, 4.69) is 4.98 Å². The van der Waals surface area contributed by atoms with E-state index in [1.54, 1.807) is 48.5 Å². The number of para-hydroxylation sites is 1. The standard InChI is InChI=1S/C22H20F3N3O3S/c1-27(17-11-7-6-10-16(17)20(30)31-2)19(29)13-32-21-26-12-18(15-8-4-3-5-9-15)28(21)14-22(23,24)25/h3-12H,13-14H2,1-2H3. The molecule has 0 N–H and O–H groups in total. The van der Waals surface area contributed by atoms with Crippen LogP contribution in [-0.4, -0.2) is 47.5 Å². The van der Waals surface area contributed by atoms with Gasteiger partial charge in [0.25, 0.3) is 0 Å². The molecule has 0 unspecified atom stereocenters. The summed E-state index contributed by atoms with van der Waals surface area (Å²) in [7, 11) is 2.73. The normalized spacial score (nSPS) is 11.3. The molecule has 1 amide bonds. The van der Waals surface area contributed by atoms with Crippen molar-refractivity contribution in [1.29, 1.82) is 0 Å². The van der Waals surface area contributed by atoms with Gasteiger partial charge in [0.1, 0.15) is 6.54 Å². The van der Waals surface area contributed by atoms with Gasteiger partial charge < -0.3 is 14.2 Å².